The second kappa shape index (κ2) is 6.22. The molecule has 1 aliphatic rings. The second-order valence-corrected chi connectivity index (χ2v) is 6.20. The van der Waals surface area contributed by atoms with Crippen LogP contribution >= 0.6 is 22.9 Å². The molecule has 20 heavy (non-hydrogen) atoms. The van der Waals surface area contributed by atoms with E-state index in [1.165, 1.54) is 10.9 Å². The summed E-state index contributed by atoms with van der Waals surface area (Å²) in [6.45, 7) is 3.79. The Morgan fingerprint density at radius 3 is 2.70 bits per heavy atom. The van der Waals surface area contributed by atoms with E-state index in [1.807, 2.05) is 12.1 Å². The molecule has 1 fully saturated rings. The first-order valence-electron chi connectivity index (χ1n) is 6.69. The molecule has 1 N–H and O–H groups in total. The summed E-state index contributed by atoms with van der Waals surface area (Å²) in [6, 6.07) is 9.24. The molecule has 0 saturated carbocycles. The summed E-state index contributed by atoms with van der Waals surface area (Å²) in [5.41, 5.74) is 0.857. The number of halogens is 2. The number of hydrogen-bond donors (Lipinski definition) is 1. The predicted molar refractivity (Wildman–Crippen MR) is 82.0 cm³/mol. The van der Waals surface area contributed by atoms with Gasteiger partial charge in [0.15, 0.2) is 0 Å². The second-order valence-electron chi connectivity index (χ2n) is 4.85. The third-order valence-corrected chi connectivity index (χ3v) is 4.93. The molecule has 0 unspecified atom stereocenters. The van der Waals surface area contributed by atoms with Crippen molar-refractivity contribution >= 4 is 22.9 Å². The molecule has 1 aromatic carbocycles. The zero-order valence-electron chi connectivity index (χ0n) is 11.0. The first-order chi connectivity index (χ1) is 9.77. The third kappa shape index (κ3) is 2.74. The zero-order valence-corrected chi connectivity index (χ0v) is 12.6. The molecule has 1 atom stereocenters. The Bertz CT molecular complexity index is 567. The SMILES string of the molecule is Fc1cccc([C@H](c2cccs2)N2CCNCC2)c1Cl. The van der Waals surface area contributed by atoms with E-state index in [9.17, 15) is 4.39 Å². The molecule has 0 radical (unpaired) electrons. The van der Waals surface area contributed by atoms with E-state index in [0.717, 1.165) is 31.7 Å². The average molecular weight is 311 g/mol. The van der Waals surface area contributed by atoms with Crippen LogP contribution in [0.1, 0.15) is 16.5 Å². The molecular formula is C15H16ClFN2S. The van der Waals surface area contributed by atoms with Crippen LogP contribution in [0, 0.1) is 5.82 Å². The molecule has 2 aromatic rings. The fraction of sp³-hybridized carbons (Fsp3) is 0.333. The number of nitrogens with zero attached hydrogens (tertiary/aromatic N) is 1. The minimum absolute atomic E-state index is 0.0419. The maximum Gasteiger partial charge on any atom is 0.142 e. The van der Waals surface area contributed by atoms with Gasteiger partial charge < -0.3 is 5.32 Å². The first kappa shape index (κ1) is 14.0. The van der Waals surface area contributed by atoms with Crippen molar-refractivity contribution in [3.8, 4) is 0 Å². The highest BCUT2D eigenvalue weighted by Crippen LogP contribution is 2.36. The number of thiophene rings is 1. The van der Waals surface area contributed by atoms with Crippen molar-refractivity contribution in [3.05, 3.63) is 57.0 Å². The van der Waals surface area contributed by atoms with Crippen molar-refractivity contribution < 1.29 is 4.39 Å². The molecule has 1 aromatic heterocycles. The summed E-state index contributed by atoms with van der Waals surface area (Å²) in [6.07, 6.45) is 0. The van der Waals surface area contributed by atoms with E-state index < -0.39 is 0 Å². The van der Waals surface area contributed by atoms with Crippen molar-refractivity contribution in [2.24, 2.45) is 0 Å². The summed E-state index contributed by atoms with van der Waals surface area (Å²) in [5, 5.41) is 5.64. The minimum atomic E-state index is -0.346. The molecule has 2 heterocycles. The van der Waals surface area contributed by atoms with Crippen molar-refractivity contribution in [3.63, 3.8) is 0 Å². The summed E-state index contributed by atoms with van der Waals surface area (Å²) in [5.74, 6) is -0.346. The Morgan fingerprint density at radius 2 is 2.00 bits per heavy atom. The van der Waals surface area contributed by atoms with Crippen LogP contribution in [-0.4, -0.2) is 31.1 Å². The highest BCUT2D eigenvalue weighted by molar-refractivity contribution is 7.10. The van der Waals surface area contributed by atoms with Gasteiger partial charge in [-0.05, 0) is 23.1 Å². The average Bonchev–Trinajstić information content (AvgIpc) is 2.99. The highest BCUT2D eigenvalue weighted by Gasteiger charge is 2.27. The van der Waals surface area contributed by atoms with Gasteiger partial charge in [0.25, 0.3) is 0 Å². The van der Waals surface area contributed by atoms with Gasteiger partial charge in [-0.3, -0.25) is 4.90 Å². The molecule has 2 nitrogen and oxygen atoms in total. The van der Waals surface area contributed by atoms with Gasteiger partial charge in [-0.2, -0.15) is 0 Å². The lowest BCUT2D eigenvalue weighted by atomic mass is 10.0. The Kier molecular flexibility index (Phi) is 4.36. The maximum absolute atomic E-state index is 13.8. The van der Waals surface area contributed by atoms with Gasteiger partial charge in [0.05, 0.1) is 11.1 Å². The lowest BCUT2D eigenvalue weighted by Gasteiger charge is -2.35. The largest absolute Gasteiger partial charge is 0.314 e. The van der Waals surface area contributed by atoms with E-state index >= 15 is 0 Å². The molecule has 0 amide bonds. The van der Waals surface area contributed by atoms with Gasteiger partial charge in [-0.25, -0.2) is 4.39 Å². The first-order valence-corrected chi connectivity index (χ1v) is 7.95. The number of benzene rings is 1. The molecule has 0 aliphatic carbocycles. The topological polar surface area (TPSA) is 15.3 Å². The van der Waals surface area contributed by atoms with Gasteiger partial charge in [0, 0.05) is 31.1 Å². The minimum Gasteiger partial charge on any atom is -0.314 e. The van der Waals surface area contributed by atoms with Crippen LogP contribution in [0.15, 0.2) is 35.7 Å². The lowest BCUT2D eigenvalue weighted by Crippen LogP contribution is -2.45. The van der Waals surface area contributed by atoms with Gasteiger partial charge in [0.1, 0.15) is 5.82 Å². The van der Waals surface area contributed by atoms with Crippen molar-refractivity contribution in [1.29, 1.82) is 0 Å². The molecule has 0 spiro atoms. The summed E-state index contributed by atoms with van der Waals surface area (Å²) >= 11 is 7.90. The van der Waals surface area contributed by atoms with Crippen molar-refractivity contribution in [2.75, 3.05) is 26.2 Å². The van der Waals surface area contributed by atoms with Crippen LogP contribution < -0.4 is 5.32 Å². The highest BCUT2D eigenvalue weighted by atomic mass is 35.5. The van der Waals surface area contributed by atoms with Crippen molar-refractivity contribution in [2.45, 2.75) is 6.04 Å². The molecule has 5 heteroatoms. The molecule has 1 saturated heterocycles. The maximum atomic E-state index is 13.8. The molecule has 1 aliphatic heterocycles. The monoisotopic (exact) mass is 310 g/mol. The van der Waals surface area contributed by atoms with E-state index in [0.29, 0.717) is 0 Å². The quantitative estimate of drug-likeness (QED) is 0.933. The summed E-state index contributed by atoms with van der Waals surface area (Å²) < 4.78 is 13.8. The number of hydrogen-bond acceptors (Lipinski definition) is 3. The smallest absolute Gasteiger partial charge is 0.142 e. The van der Waals surface area contributed by atoms with E-state index in [2.05, 4.69) is 21.7 Å². The standard InChI is InChI=1S/C15H16ClFN2S/c16-14-11(3-1-4-12(14)17)15(13-5-2-10-20-13)19-8-6-18-7-9-19/h1-5,10,15,18H,6-9H2/t15-/m1/s1. The zero-order chi connectivity index (χ0) is 13.9. The Morgan fingerprint density at radius 1 is 1.20 bits per heavy atom. The fourth-order valence-electron chi connectivity index (χ4n) is 2.65. The van der Waals surface area contributed by atoms with Gasteiger partial charge in [-0.15, -0.1) is 11.3 Å². The van der Waals surface area contributed by atoms with Crippen molar-refractivity contribution in [1.82, 2.24) is 10.2 Å². The van der Waals surface area contributed by atoms with Gasteiger partial charge in [0.2, 0.25) is 0 Å². The Hall–Kier alpha value is -0.940. The fourth-order valence-corrected chi connectivity index (χ4v) is 3.75. The number of nitrogens with one attached hydrogen (secondary N) is 1. The van der Waals surface area contributed by atoms with E-state index in [4.69, 9.17) is 11.6 Å². The Balaban J connectivity index is 2.03. The summed E-state index contributed by atoms with van der Waals surface area (Å²) in [7, 11) is 0. The van der Waals surface area contributed by atoms with Crippen LogP contribution in [0.25, 0.3) is 0 Å². The third-order valence-electron chi connectivity index (χ3n) is 3.61. The van der Waals surface area contributed by atoms with Crippen LogP contribution in [0.3, 0.4) is 0 Å². The van der Waals surface area contributed by atoms with E-state index in [-0.39, 0.29) is 16.9 Å². The number of rotatable bonds is 3. The van der Waals surface area contributed by atoms with Gasteiger partial charge in [-0.1, -0.05) is 29.8 Å². The molecule has 106 valence electrons. The normalized spacial score (nSPS) is 18.1. The van der Waals surface area contributed by atoms with Crippen LogP contribution in [0.5, 0.6) is 0 Å². The molecule has 0 bridgehead atoms. The van der Waals surface area contributed by atoms with Crippen LogP contribution in [0.4, 0.5) is 4.39 Å². The predicted octanol–water partition coefficient (Wildman–Crippen LogP) is 3.54. The number of piperazine rings is 1. The van der Waals surface area contributed by atoms with Crippen LogP contribution in [0.2, 0.25) is 5.02 Å². The van der Waals surface area contributed by atoms with E-state index in [1.54, 1.807) is 17.4 Å². The molecular weight excluding hydrogens is 295 g/mol. The molecule has 3 rings (SSSR count). The van der Waals surface area contributed by atoms with Gasteiger partial charge >= 0.3 is 0 Å². The lowest BCUT2D eigenvalue weighted by molar-refractivity contribution is 0.200. The summed E-state index contributed by atoms with van der Waals surface area (Å²) in [4.78, 5) is 3.57. The van der Waals surface area contributed by atoms with Crippen LogP contribution in [-0.2, 0) is 0 Å². The Labute approximate surface area is 127 Å².